The summed E-state index contributed by atoms with van der Waals surface area (Å²) in [4.78, 5) is 11.2. The Morgan fingerprint density at radius 3 is 2.73 bits per heavy atom. The minimum absolute atomic E-state index is 0.256. The molecular formula is C25H31N3OS. The average molecular weight is 422 g/mol. The molecule has 1 N–H and O–H groups in total. The van der Waals surface area contributed by atoms with Crippen molar-refractivity contribution in [3.63, 3.8) is 0 Å². The van der Waals surface area contributed by atoms with Gasteiger partial charge in [-0.15, -0.1) is 11.3 Å². The fraction of sp³-hybridized carbons (Fsp3) is 0.480. The van der Waals surface area contributed by atoms with E-state index in [-0.39, 0.29) is 12.0 Å². The zero-order valence-corrected chi connectivity index (χ0v) is 18.4. The lowest BCUT2D eigenvalue weighted by Gasteiger charge is -2.25. The fourth-order valence-corrected chi connectivity index (χ4v) is 5.87. The molecule has 0 radical (unpaired) electrons. The molecule has 1 aromatic carbocycles. The van der Waals surface area contributed by atoms with Crippen molar-refractivity contribution >= 4 is 22.2 Å². The van der Waals surface area contributed by atoms with Gasteiger partial charge in [0.05, 0.1) is 11.6 Å². The van der Waals surface area contributed by atoms with Gasteiger partial charge in [-0.3, -0.25) is 14.8 Å². The molecule has 5 heteroatoms. The van der Waals surface area contributed by atoms with Gasteiger partial charge in [0, 0.05) is 48.1 Å². The second kappa shape index (κ2) is 9.15. The molecule has 0 unspecified atom stereocenters. The maximum absolute atomic E-state index is 10.7. The molecule has 2 fully saturated rings. The summed E-state index contributed by atoms with van der Waals surface area (Å²) in [6, 6.07) is 14.9. The van der Waals surface area contributed by atoms with Crippen LogP contribution in [0, 0.1) is 5.92 Å². The van der Waals surface area contributed by atoms with Crippen LogP contribution < -0.4 is 0 Å². The number of fused-ring (bicyclic) bond motifs is 1. The molecule has 2 saturated heterocycles. The molecule has 4 nitrogen and oxygen atoms in total. The molecule has 0 spiro atoms. The number of para-hydroxylation sites is 1. The van der Waals surface area contributed by atoms with Crippen LogP contribution in [-0.4, -0.2) is 52.2 Å². The average Bonchev–Trinajstić information content (AvgIpc) is 3.34. The Morgan fingerprint density at radius 2 is 1.83 bits per heavy atom. The summed E-state index contributed by atoms with van der Waals surface area (Å²) in [5, 5.41) is 14.2. The van der Waals surface area contributed by atoms with Crippen LogP contribution in [0.5, 0.6) is 0 Å². The van der Waals surface area contributed by atoms with Crippen molar-refractivity contribution in [2.24, 2.45) is 5.92 Å². The Bertz CT molecular complexity index is 981. The van der Waals surface area contributed by atoms with Crippen molar-refractivity contribution in [1.29, 1.82) is 0 Å². The standard InChI is InChI=1S/C25H31N3OS/c29-25-17-28(16-23-12-19(18-30-23)14-27-10-4-1-5-11-27)15-21(25)13-22-9-8-20-6-2-3-7-24(20)26-22/h2-3,6-9,12,18,21,25,29H,1,4-5,10-11,13-17H2/t21-,25-/m1/s1. The topological polar surface area (TPSA) is 39.6 Å². The highest BCUT2D eigenvalue weighted by Crippen LogP contribution is 2.26. The number of nitrogens with zero attached hydrogens (tertiary/aromatic N) is 3. The zero-order chi connectivity index (χ0) is 20.3. The predicted molar refractivity (Wildman–Crippen MR) is 124 cm³/mol. The maximum atomic E-state index is 10.7. The number of rotatable bonds is 6. The van der Waals surface area contributed by atoms with Crippen LogP contribution in [0.1, 0.15) is 35.4 Å². The van der Waals surface area contributed by atoms with Gasteiger partial charge in [0.1, 0.15) is 0 Å². The van der Waals surface area contributed by atoms with Crippen molar-refractivity contribution in [2.45, 2.75) is 44.9 Å². The van der Waals surface area contributed by atoms with Crippen molar-refractivity contribution in [3.8, 4) is 0 Å². The van der Waals surface area contributed by atoms with Gasteiger partial charge in [0.2, 0.25) is 0 Å². The number of aliphatic hydroxyl groups is 1. The van der Waals surface area contributed by atoms with Gasteiger partial charge in [-0.1, -0.05) is 30.7 Å². The maximum Gasteiger partial charge on any atom is 0.0711 e. The molecular weight excluding hydrogens is 390 g/mol. The first-order valence-electron chi connectivity index (χ1n) is 11.3. The zero-order valence-electron chi connectivity index (χ0n) is 17.5. The molecule has 0 saturated carbocycles. The van der Waals surface area contributed by atoms with Crippen LogP contribution >= 0.6 is 11.3 Å². The Kier molecular flexibility index (Phi) is 6.14. The van der Waals surface area contributed by atoms with Crippen LogP contribution in [0.25, 0.3) is 10.9 Å². The van der Waals surface area contributed by atoms with Gasteiger partial charge in [-0.05, 0) is 61.5 Å². The molecule has 5 rings (SSSR count). The van der Waals surface area contributed by atoms with Crippen LogP contribution in [0.2, 0.25) is 0 Å². The highest BCUT2D eigenvalue weighted by atomic mass is 32.1. The third kappa shape index (κ3) is 4.75. The van der Waals surface area contributed by atoms with Crippen LogP contribution in [0.4, 0.5) is 0 Å². The molecule has 2 aliphatic rings. The molecule has 2 atom stereocenters. The summed E-state index contributed by atoms with van der Waals surface area (Å²) in [7, 11) is 0. The van der Waals surface area contributed by atoms with E-state index < -0.39 is 0 Å². The highest BCUT2D eigenvalue weighted by molar-refractivity contribution is 7.10. The number of benzene rings is 1. The van der Waals surface area contributed by atoms with E-state index >= 15 is 0 Å². The summed E-state index contributed by atoms with van der Waals surface area (Å²) < 4.78 is 0. The van der Waals surface area contributed by atoms with Crippen LogP contribution in [0.15, 0.2) is 47.8 Å². The first-order chi connectivity index (χ1) is 14.7. The largest absolute Gasteiger partial charge is 0.391 e. The normalized spacial score (nSPS) is 23.4. The second-order valence-corrected chi connectivity index (χ2v) is 9.97. The number of hydrogen-bond donors (Lipinski definition) is 1. The van der Waals surface area contributed by atoms with E-state index in [1.807, 2.05) is 23.5 Å². The van der Waals surface area contributed by atoms with E-state index in [0.717, 1.165) is 43.8 Å². The summed E-state index contributed by atoms with van der Waals surface area (Å²) in [5.41, 5.74) is 3.58. The van der Waals surface area contributed by atoms with Gasteiger partial charge in [-0.2, -0.15) is 0 Å². The van der Waals surface area contributed by atoms with Gasteiger partial charge >= 0.3 is 0 Å². The number of hydrogen-bond acceptors (Lipinski definition) is 5. The molecule has 0 bridgehead atoms. The fourth-order valence-electron chi connectivity index (χ4n) is 4.95. The molecule has 2 aliphatic heterocycles. The first kappa shape index (κ1) is 20.1. The van der Waals surface area contributed by atoms with Crippen molar-refractivity contribution in [3.05, 3.63) is 64.0 Å². The quantitative estimate of drug-likeness (QED) is 0.644. The van der Waals surface area contributed by atoms with Crippen LogP contribution in [-0.2, 0) is 19.5 Å². The van der Waals surface area contributed by atoms with Gasteiger partial charge < -0.3 is 5.11 Å². The first-order valence-corrected chi connectivity index (χ1v) is 12.1. The lowest BCUT2D eigenvalue weighted by molar-refractivity contribution is 0.140. The SMILES string of the molecule is O[C@@H]1CN(Cc2cc(CN3CCCCC3)cs2)C[C@H]1Cc1ccc2ccccc2n1. The van der Waals surface area contributed by atoms with Crippen molar-refractivity contribution < 1.29 is 5.11 Å². The van der Waals surface area contributed by atoms with Crippen LogP contribution in [0.3, 0.4) is 0 Å². The van der Waals surface area contributed by atoms with Gasteiger partial charge in [-0.25, -0.2) is 0 Å². The summed E-state index contributed by atoms with van der Waals surface area (Å²) in [5.74, 6) is 0.256. The number of piperidine rings is 1. The van der Waals surface area contributed by atoms with E-state index in [0.29, 0.717) is 0 Å². The van der Waals surface area contributed by atoms with E-state index in [2.05, 4.69) is 45.5 Å². The van der Waals surface area contributed by atoms with Gasteiger partial charge in [0.15, 0.2) is 0 Å². The van der Waals surface area contributed by atoms with Gasteiger partial charge in [0.25, 0.3) is 0 Å². The molecule has 158 valence electrons. The third-order valence-electron chi connectivity index (χ3n) is 6.55. The number of aliphatic hydroxyl groups excluding tert-OH is 1. The Morgan fingerprint density at radius 1 is 0.967 bits per heavy atom. The Labute approximate surface area is 183 Å². The lowest BCUT2D eigenvalue weighted by atomic mass is 9.99. The van der Waals surface area contributed by atoms with E-state index in [1.165, 1.54) is 48.2 Å². The number of β-amino-alcohol motifs (C(OH)–C–C–N with tert-alkyl or cyclic N) is 1. The minimum atomic E-state index is -0.272. The van der Waals surface area contributed by atoms with E-state index in [1.54, 1.807) is 0 Å². The number of aromatic nitrogens is 1. The third-order valence-corrected chi connectivity index (χ3v) is 7.52. The highest BCUT2D eigenvalue weighted by Gasteiger charge is 2.31. The molecule has 30 heavy (non-hydrogen) atoms. The number of likely N-dealkylation sites (tertiary alicyclic amines) is 2. The number of thiophene rings is 1. The summed E-state index contributed by atoms with van der Waals surface area (Å²) in [6.45, 7) is 6.23. The second-order valence-electron chi connectivity index (χ2n) is 8.98. The molecule has 3 aromatic rings. The summed E-state index contributed by atoms with van der Waals surface area (Å²) >= 11 is 1.87. The minimum Gasteiger partial charge on any atom is -0.391 e. The van der Waals surface area contributed by atoms with Crippen molar-refractivity contribution in [2.75, 3.05) is 26.2 Å². The lowest BCUT2D eigenvalue weighted by Crippen LogP contribution is -2.28. The smallest absolute Gasteiger partial charge is 0.0711 e. The monoisotopic (exact) mass is 421 g/mol. The molecule has 0 amide bonds. The van der Waals surface area contributed by atoms with E-state index in [9.17, 15) is 5.11 Å². The predicted octanol–water partition coefficient (Wildman–Crippen LogP) is 4.32. The van der Waals surface area contributed by atoms with Crippen molar-refractivity contribution in [1.82, 2.24) is 14.8 Å². The Hall–Kier alpha value is -1.79. The molecule has 4 heterocycles. The number of pyridine rings is 1. The summed E-state index contributed by atoms with van der Waals surface area (Å²) in [6.07, 6.45) is 4.64. The van der Waals surface area contributed by atoms with E-state index in [4.69, 9.17) is 4.98 Å². The molecule has 0 aliphatic carbocycles. The Balaban J connectivity index is 1.17. The molecule has 2 aromatic heterocycles.